The van der Waals surface area contributed by atoms with Crippen LogP contribution >= 0.6 is 11.6 Å². The van der Waals surface area contributed by atoms with Crippen LogP contribution in [0.25, 0.3) is 10.9 Å². The molecule has 1 aliphatic heterocycles. The summed E-state index contributed by atoms with van der Waals surface area (Å²) in [7, 11) is 0. The van der Waals surface area contributed by atoms with Crippen LogP contribution in [0, 0.1) is 0 Å². The van der Waals surface area contributed by atoms with E-state index in [0.29, 0.717) is 10.7 Å². The van der Waals surface area contributed by atoms with Gasteiger partial charge < -0.3 is 10.6 Å². The Balaban J connectivity index is 2.11. The second kappa shape index (κ2) is 4.22. The molecular weight excluding hydrogens is 236 g/mol. The lowest BCUT2D eigenvalue weighted by molar-refractivity contribution is 0.942. The van der Waals surface area contributed by atoms with E-state index in [1.54, 1.807) is 6.20 Å². The Hall–Kier alpha value is -1.81. The summed E-state index contributed by atoms with van der Waals surface area (Å²) in [4.78, 5) is 8.74. The number of pyridine rings is 1. The van der Waals surface area contributed by atoms with Crippen molar-refractivity contribution in [2.45, 2.75) is 0 Å². The first-order valence-corrected chi connectivity index (χ1v) is 5.82. The monoisotopic (exact) mass is 246 g/mol. The Kier molecular flexibility index (Phi) is 2.57. The number of benzene rings is 1. The molecule has 86 valence electrons. The number of guanidine groups is 1. The van der Waals surface area contributed by atoms with Gasteiger partial charge in [-0.3, -0.25) is 4.98 Å². The maximum Gasteiger partial charge on any atom is 0.196 e. The van der Waals surface area contributed by atoms with Crippen LogP contribution in [0.5, 0.6) is 0 Å². The van der Waals surface area contributed by atoms with E-state index < -0.39 is 0 Å². The van der Waals surface area contributed by atoms with Crippen molar-refractivity contribution in [3.8, 4) is 0 Å². The Bertz CT molecular complexity index is 586. The standard InChI is InChI=1S/C12H11ClN4/c13-11-8-3-1-2-4-9(8)16-7-10(11)17-12-14-5-6-15-12/h1-4,7H,5-6H2,(H2,14,15,17). The number of nitrogens with one attached hydrogen (secondary N) is 2. The van der Waals surface area contributed by atoms with Gasteiger partial charge in [-0.05, 0) is 6.07 Å². The van der Waals surface area contributed by atoms with Gasteiger partial charge in [-0.2, -0.15) is 0 Å². The molecule has 0 atom stereocenters. The predicted octanol–water partition coefficient (Wildman–Crippen LogP) is 2.07. The highest BCUT2D eigenvalue weighted by atomic mass is 35.5. The zero-order chi connectivity index (χ0) is 11.7. The summed E-state index contributed by atoms with van der Waals surface area (Å²) in [6, 6.07) is 7.77. The molecule has 5 heteroatoms. The summed E-state index contributed by atoms with van der Waals surface area (Å²) < 4.78 is 0. The van der Waals surface area contributed by atoms with Gasteiger partial charge in [0.15, 0.2) is 5.96 Å². The number of hydrogen-bond acceptors (Lipinski definition) is 2. The van der Waals surface area contributed by atoms with Crippen molar-refractivity contribution in [2.24, 2.45) is 4.99 Å². The molecule has 4 nitrogen and oxygen atoms in total. The highest BCUT2D eigenvalue weighted by Gasteiger charge is 2.09. The SMILES string of the molecule is Clc1c(N=C2NCCN2)cnc2ccccc12. The number of para-hydroxylation sites is 1. The molecule has 1 fully saturated rings. The van der Waals surface area contributed by atoms with Crippen LogP contribution in [0.1, 0.15) is 0 Å². The number of aromatic nitrogens is 1. The van der Waals surface area contributed by atoms with Gasteiger partial charge >= 0.3 is 0 Å². The summed E-state index contributed by atoms with van der Waals surface area (Å²) in [5, 5.41) is 7.83. The predicted molar refractivity (Wildman–Crippen MR) is 69.9 cm³/mol. The van der Waals surface area contributed by atoms with Gasteiger partial charge in [-0.15, -0.1) is 0 Å². The number of aliphatic imine (C=N–C) groups is 1. The van der Waals surface area contributed by atoms with E-state index in [1.807, 2.05) is 24.3 Å². The Morgan fingerprint density at radius 1 is 1.18 bits per heavy atom. The minimum atomic E-state index is 0.638. The van der Waals surface area contributed by atoms with Crippen LogP contribution in [-0.2, 0) is 0 Å². The molecule has 0 bridgehead atoms. The normalized spacial score (nSPS) is 14.5. The molecule has 0 unspecified atom stereocenters. The van der Waals surface area contributed by atoms with Gasteiger partial charge in [0.2, 0.25) is 0 Å². The summed E-state index contributed by atoms with van der Waals surface area (Å²) >= 11 is 6.32. The first-order chi connectivity index (χ1) is 8.34. The van der Waals surface area contributed by atoms with E-state index in [4.69, 9.17) is 11.6 Å². The lowest BCUT2D eigenvalue weighted by Gasteiger charge is -2.04. The van der Waals surface area contributed by atoms with E-state index in [-0.39, 0.29) is 0 Å². The fourth-order valence-corrected chi connectivity index (χ4v) is 2.05. The van der Waals surface area contributed by atoms with Crippen LogP contribution in [0.2, 0.25) is 5.02 Å². The molecule has 1 aliphatic rings. The zero-order valence-corrected chi connectivity index (χ0v) is 9.83. The third kappa shape index (κ3) is 1.91. The fraction of sp³-hybridized carbons (Fsp3) is 0.167. The molecule has 17 heavy (non-hydrogen) atoms. The molecule has 3 rings (SSSR count). The zero-order valence-electron chi connectivity index (χ0n) is 9.07. The molecule has 0 radical (unpaired) electrons. The lowest BCUT2D eigenvalue weighted by Crippen LogP contribution is -2.23. The van der Waals surface area contributed by atoms with Crippen LogP contribution in [0.3, 0.4) is 0 Å². The maximum atomic E-state index is 6.32. The number of nitrogens with zero attached hydrogens (tertiary/aromatic N) is 2. The van der Waals surface area contributed by atoms with Crippen molar-refractivity contribution in [1.29, 1.82) is 0 Å². The largest absolute Gasteiger partial charge is 0.354 e. The average Bonchev–Trinajstić information content (AvgIpc) is 2.86. The van der Waals surface area contributed by atoms with Crippen LogP contribution in [-0.4, -0.2) is 24.0 Å². The molecule has 0 aliphatic carbocycles. The Morgan fingerprint density at radius 3 is 2.76 bits per heavy atom. The summed E-state index contributed by atoms with van der Waals surface area (Å²) in [6.07, 6.45) is 1.69. The highest BCUT2D eigenvalue weighted by Crippen LogP contribution is 2.31. The quantitative estimate of drug-likeness (QED) is 0.810. The molecule has 0 saturated carbocycles. The van der Waals surface area contributed by atoms with Gasteiger partial charge in [-0.1, -0.05) is 29.8 Å². The minimum Gasteiger partial charge on any atom is -0.354 e. The van der Waals surface area contributed by atoms with Gasteiger partial charge in [0.05, 0.1) is 16.7 Å². The summed E-state index contributed by atoms with van der Waals surface area (Å²) in [6.45, 7) is 1.77. The van der Waals surface area contributed by atoms with Crippen LogP contribution < -0.4 is 10.6 Å². The van der Waals surface area contributed by atoms with Gasteiger partial charge in [0.1, 0.15) is 5.69 Å². The number of hydrogen-bond donors (Lipinski definition) is 2. The second-order valence-corrected chi connectivity index (χ2v) is 4.17. The molecule has 0 amide bonds. The fourth-order valence-electron chi connectivity index (χ4n) is 1.80. The topological polar surface area (TPSA) is 49.3 Å². The molecular formula is C12H11ClN4. The molecule has 1 aromatic heterocycles. The van der Waals surface area contributed by atoms with Crippen molar-refractivity contribution < 1.29 is 0 Å². The number of halogens is 1. The second-order valence-electron chi connectivity index (χ2n) is 3.79. The smallest absolute Gasteiger partial charge is 0.196 e. The van der Waals surface area contributed by atoms with Crippen molar-refractivity contribution in [3.63, 3.8) is 0 Å². The van der Waals surface area contributed by atoms with E-state index in [0.717, 1.165) is 30.0 Å². The third-order valence-electron chi connectivity index (χ3n) is 2.63. The summed E-state index contributed by atoms with van der Waals surface area (Å²) in [5.74, 6) is 0.754. The lowest BCUT2D eigenvalue weighted by atomic mass is 10.2. The van der Waals surface area contributed by atoms with Gasteiger partial charge in [0.25, 0.3) is 0 Å². The Morgan fingerprint density at radius 2 is 1.94 bits per heavy atom. The van der Waals surface area contributed by atoms with E-state index >= 15 is 0 Å². The van der Waals surface area contributed by atoms with Crippen LogP contribution in [0.15, 0.2) is 35.5 Å². The first kappa shape index (κ1) is 10.4. The van der Waals surface area contributed by atoms with Crippen molar-refractivity contribution in [1.82, 2.24) is 15.6 Å². The number of fused-ring (bicyclic) bond motifs is 1. The van der Waals surface area contributed by atoms with Gasteiger partial charge in [-0.25, -0.2) is 4.99 Å². The molecule has 1 saturated heterocycles. The molecule has 1 aromatic carbocycles. The minimum absolute atomic E-state index is 0.638. The van der Waals surface area contributed by atoms with Crippen molar-refractivity contribution in [2.75, 3.05) is 13.1 Å². The van der Waals surface area contributed by atoms with E-state index in [9.17, 15) is 0 Å². The highest BCUT2D eigenvalue weighted by molar-refractivity contribution is 6.37. The molecule has 0 spiro atoms. The molecule has 2 N–H and O–H groups in total. The third-order valence-corrected chi connectivity index (χ3v) is 3.03. The summed E-state index contributed by atoms with van der Waals surface area (Å²) in [5.41, 5.74) is 1.57. The maximum absolute atomic E-state index is 6.32. The molecule has 2 heterocycles. The first-order valence-electron chi connectivity index (χ1n) is 5.44. The van der Waals surface area contributed by atoms with Crippen molar-refractivity contribution in [3.05, 3.63) is 35.5 Å². The Labute approximate surface area is 104 Å². The van der Waals surface area contributed by atoms with Crippen LogP contribution in [0.4, 0.5) is 5.69 Å². The van der Waals surface area contributed by atoms with E-state index in [1.165, 1.54) is 0 Å². The van der Waals surface area contributed by atoms with E-state index in [2.05, 4.69) is 20.6 Å². The van der Waals surface area contributed by atoms with Crippen molar-refractivity contribution >= 4 is 34.2 Å². The average molecular weight is 247 g/mol. The van der Waals surface area contributed by atoms with Gasteiger partial charge in [0, 0.05) is 18.5 Å². The molecule has 2 aromatic rings. The number of rotatable bonds is 1.